The summed E-state index contributed by atoms with van der Waals surface area (Å²) in [6.07, 6.45) is 2.66. The normalized spacial score (nSPS) is 10.1. The first-order valence-electron chi connectivity index (χ1n) is 6.68. The van der Waals surface area contributed by atoms with Crippen LogP contribution in [0.15, 0.2) is 48.7 Å². The van der Waals surface area contributed by atoms with Gasteiger partial charge in [-0.25, -0.2) is 0 Å². The van der Waals surface area contributed by atoms with Crippen molar-refractivity contribution in [3.05, 3.63) is 57.9 Å². The van der Waals surface area contributed by atoms with E-state index in [1.54, 1.807) is 6.20 Å². The van der Waals surface area contributed by atoms with Crippen molar-refractivity contribution >= 4 is 28.6 Å². The van der Waals surface area contributed by atoms with Gasteiger partial charge in [0.25, 0.3) is 0 Å². The van der Waals surface area contributed by atoms with Crippen LogP contribution in [0.1, 0.15) is 18.5 Å². The van der Waals surface area contributed by atoms with Crippen LogP contribution in [0, 0.1) is 3.57 Å². The number of nitrogens with zero attached hydrogens (tertiary/aromatic N) is 1. The molecule has 0 aliphatic carbocycles. The summed E-state index contributed by atoms with van der Waals surface area (Å²) >= 11 is 2.24. The standard InChI is InChI=1S/C16H16INO3/c17-13-6-8-15(9-7-13)20-11-3-5-16(19)21-12-14-4-1-2-10-18-14/h1-2,4,6-10H,3,5,11-12H2. The molecule has 0 N–H and O–H groups in total. The fourth-order valence-corrected chi connectivity index (χ4v) is 2.01. The van der Waals surface area contributed by atoms with E-state index < -0.39 is 0 Å². The van der Waals surface area contributed by atoms with Crippen LogP contribution >= 0.6 is 22.6 Å². The van der Waals surface area contributed by atoms with Gasteiger partial charge in [0.15, 0.2) is 0 Å². The van der Waals surface area contributed by atoms with Crippen molar-refractivity contribution in [2.24, 2.45) is 0 Å². The number of aromatic nitrogens is 1. The lowest BCUT2D eigenvalue weighted by Gasteiger charge is -2.06. The molecule has 2 aromatic rings. The molecule has 1 aromatic carbocycles. The lowest BCUT2D eigenvalue weighted by Crippen LogP contribution is -2.07. The second-order valence-corrected chi connectivity index (χ2v) is 5.63. The largest absolute Gasteiger partial charge is 0.494 e. The first-order valence-corrected chi connectivity index (χ1v) is 7.76. The summed E-state index contributed by atoms with van der Waals surface area (Å²) < 4.78 is 11.9. The number of halogens is 1. The van der Waals surface area contributed by atoms with E-state index in [1.165, 1.54) is 0 Å². The molecule has 0 amide bonds. The lowest BCUT2D eigenvalue weighted by molar-refractivity contribution is -0.145. The molecule has 21 heavy (non-hydrogen) atoms. The van der Waals surface area contributed by atoms with E-state index in [0.717, 1.165) is 15.0 Å². The lowest BCUT2D eigenvalue weighted by atomic mass is 10.3. The smallest absolute Gasteiger partial charge is 0.306 e. The maximum atomic E-state index is 11.6. The van der Waals surface area contributed by atoms with E-state index in [1.807, 2.05) is 42.5 Å². The topological polar surface area (TPSA) is 48.4 Å². The molecule has 0 aliphatic rings. The molecule has 0 atom stereocenters. The van der Waals surface area contributed by atoms with Crippen molar-refractivity contribution in [3.8, 4) is 5.75 Å². The molecule has 110 valence electrons. The zero-order valence-corrected chi connectivity index (χ0v) is 13.7. The van der Waals surface area contributed by atoms with Crippen molar-refractivity contribution in [1.82, 2.24) is 4.98 Å². The SMILES string of the molecule is O=C(CCCOc1ccc(I)cc1)OCc1ccccn1. The van der Waals surface area contributed by atoms with Gasteiger partial charge in [0.1, 0.15) is 12.4 Å². The monoisotopic (exact) mass is 397 g/mol. The van der Waals surface area contributed by atoms with Gasteiger partial charge in [-0.1, -0.05) is 6.07 Å². The van der Waals surface area contributed by atoms with Gasteiger partial charge < -0.3 is 9.47 Å². The maximum absolute atomic E-state index is 11.6. The Hall–Kier alpha value is -1.63. The second kappa shape index (κ2) is 8.61. The molecule has 0 bridgehead atoms. The average Bonchev–Trinajstić information content (AvgIpc) is 2.52. The van der Waals surface area contributed by atoms with Crippen molar-refractivity contribution in [3.63, 3.8) is 0 Å². The van der Waals surface area contributed by atoms with Crippen LogP contribution in [0.4, 0.5) is 0 Å². The van der Waals surface area contributed by atoms with Gasteiger partial charge >= 0.3 is 5.97 Å². The van der Waals surface area contributed by atoms with Crippen LogP contribution in [0.25, 0.3) is 0 Å². The van der Waals surface area contributed by atoms with Crippen LogP contribution in [0.5, 0.6) is 5.75 Å². The first kappa shape index (κ1) is 15.8. The molecule has 4 nitrogen and oxygen atoms in total. The molecule has 0 radical (unpaired) electrons. The average molecular weight is 397 g/mol. The highest BCUT2D eigenvalue weighted by Crippen LogP contribution is 2.13. The minimum absolute atomic E-state index is 0.220. The maximum Gasteiger partial charge on any atom is 0.306 e. The molecule has 0 unspecified atom stereocenters. The molecular weight excluding hydrogens is 381 g/mol. The molecule has 1 heterocycles. The number of benzene rings is 1. The summed E-state index contributed by atoms with van der Waals surface area (Å²) in [6, 6.07) is 13.3. The van der Waals surface area contributed by atoms with Gasteiger partial charge in [-0.2, -0.15) is 0 Å². The van der Waals surface area contributed by atoms with Gasteiger partial charge in [-0.05, 0) is 65.4 Å². The highest BCUT2D eigenvalue weighted by molar-refractivity contribution is 14.1. The Morgan fingerprint density at radius 3 is 2.67 bits per heavy atom. The van der Waals surface area contributed by atoms with E-state index >= 15 is 0 Å². The summed E-state index contributed by atoms with van der Waals surface area (Å²) in [4.78, 5) is 15.7. The van der Waals surface area contributed by atoms with Crippen molar-refractivity contribution in [2.75, 3.05) is 6.61 Å². The molecule has 0 aliphatic heterocycles. The van der Waals surface area contributed by atoms with E-state index in [4.69, 9.17) is 9.47 Å². The van der Waals surface area contributed by atoms with Crippen LogP contribution < -0.4 is 4.74 Å². The summed E-state index contributed by atoms with van der Waals surface area (Å²) in [5, 5.41) is 0. The fourth-order valence-electron chi connectivity index (χ4n) is 1.65. The quantitative estimate of drug-likeness (QED) is 0.407. The van der Waals surface area contributed by atoms with Crippen LogP contribution in [0.3, 0.4) is 0 Å². The predicted octanol–water partition coefficient (Wildman–Crippen LogP) is 3.59. The van der Waals surface area contributed by atoms with E-state index in [-0.39, 0.29) is 12.6 Å². The molecule has 0 fully saturated rings. The molecule has 5 heteroatoms. The summed E-state index contributed by atoms with van der Waals surface area (Å²) in [5.74, 6) is 0.587. The first-order chi connectivity index (χ1) is 10.2. The van der Waals surface area contributed by atoms with Gasteiger partial charge in [0.05, 0.1) is 12.3 Å². The summed E-state index contributed by atoms with van der Waals surface area (Å²) in [5.41, 5.74) is 0.751. The van der Waals surface area contributed by atoms with E-state index in [2.05, 4.69) is 27.6 Å². The van der Waals surface area contributed by atoms with Gasteiger partial charge in [0, 0.05) is 16.2 Å². The molecule has 0 saturated carbocycles. The van der Waals surface area contributed by atoms with Crippen LogP contribution in [-0.4, -0.2) is 17.6 Å². The predicted molar refractivity (Wildman–Crippen MR) is 87.9 cm³/mol. The minimum atomic E-state index is -0.230. The molecule has 2 rings (SSSR count). The molecule has 0 spiro atoms. The zero-order chi connectivity index (χ0) is 14.9. The summed E-state index contributed by atoms with van der Waals surface area (Å²) in [7, 11) is 0. The third kappa shape index (κ3) is 6.12. The Balaban J connectivity index is 1.60. The number of carbonyl (C=O) groups excluding carboxylic acids is 1. The number of carbonyl (C=O) groups is 1. The second-order valence-electron chi connectivity index (χ2n) is 4.39. The fraction of sp³-hybridized carbons (Fsp3) is 0.250. The third-order valence-electron chi connectivity index (χ3n) is 2.71. The van der Waals surface area contributed by atoms with Crippen LogP contribution in [0.2, 0.25) is 0 Å². The minimum Gasteiger partial charge on any atom is -0.494 e. The highest BCUT2D eigenvalue weighted by atomic mass is 127. The Morgan fingerprint density at radius 1 is 1.14 bits per heavy atom. The van der Waals surface area contributed by atoms with E-state index in [9.17, 15) is 4.79 Å². The zero-order valence-electron chi connectivity index (χ0n) is 11.5. The number of ether oxygens (including phenoxy) is 2. The molecular formula is C16H16INO3. The van der Waals surface area contributed by atoms with Gasteiger partial charge in [0.2, 0.25) is 0 Å². The van der Waals surface area contributed by atoms with Crippen molar-refractivity contribution < 1.29 is 14.3 Å². The third-order valence-corrected chi connectivity index (χ3v) is 3.43. The molecule has 1 aromatic heterocycles. The van der Waals surface area contributed by atoms with Crippen LogP contribution in [-0.2, 0) is 16.1 Å². The number of esters is 1. The number of hydrogen-bond donors (Lipinski definition) is 0. The number of pyridine rings is 1. The Kier molecular flexibility index (Phi) is 6.46. The molecule has 0 saturated heterocycles. The number of hydrogen-bond acceptors (Lipinski definition) is 4. The Bertz CT molecular complexity index is 557. The Labute approximate surface area is 137 Å². The van der Waals surface area contributed by atoms with Crippen molar-refractivity contribution in [2.45, 2.75) is 19.4 Å². The van der Waals surface area contributed by atoms with E-state index in [0.29, 0.717) is 19.4 Å². The van der Waals surface area contributed by atoms with Gasteiger partial charge in [-0.15, -0.1) is 0 Å². The Morgan fingerprint density at radius 2 is 1.95 bits per heavy atom. The summed E-state index contributed by atoms with van der Waals surface area (Å²) in [6.45, 7) is 0.719. The van der Waals surface area contributed by atoms with Crippen molar-refractivity contribution in [1.29, 1.82) is 0 Å². The van der Waals surface area contributed by atoms with Gasteiger partial charge in [-0.3, -0.25) is 9.78 Å². The highest BCUT2D eigenvalue weighted by Gasteiger charge is 2.04. The number of rotatable bonds is 7.